The Hall–Kier alpha value is -2.93. The van der Waals surface area contributed by atoms with Crippen LogP contribution in [0.25, 0.3) is 0 Å². The number of unbranched alkanes of at least 4 members (excludes halogenated alkanes) is 3. The van der Waals surface area contributed by atoms with E-state index in [0.717, 1.165) is 18.4 Å². The van der Waals surface area contributed by atoms with Crippen molar-refractivity contribution in [3.63, 3.8) is 0 Å². The molecule has 6 nitrogen and oxygen atoms in total. The van der Waals surface area contributed by atoms with Crippen molar-refractivity contribution in [3.8, 4) is 5.75 Å². The van der Waals surface area contributed by atoms with Crippen LogP contribution in [0, 0.1) is 0 Å². The fourth-order valence-corrected chi connectivity index (χ4v) is 3.56. The lowest BCUT2D eigenvalue weighted by Crippen LogP contribution is -2.08. The number of rotatable bonds is 12. The normalized spacial score (nSPS) is 11.2. The highest BCUT2D eigenvalue weighted by Crippen LogP contribution is 2.20. The number of nitrogens with zero attached hydrogens (tertiary/aromatic N) is 4. The van der Waals surface area contributed by atoms with E-state index >= 15 is 0 Å². The molecule has 0 fully saturated rings. The van der Waals surface area contributed by atoms with Gasteiger partial charge < -0.3 is 4.74 Å². The van der Waals surface area contributed by atoms with Gasteiger partial charge in [0.05, 0.1) is 18.4 Å². The zero-order valence-electron chi connectivity index (χ0n) is 18.0. The lowest BCUT2D eigenvalue weighted by molar-refractivity contribution is 0.106. The maximum atomic E-state index is 12.9. The molecule has 0 atom stereocenters. The third-order valence-electron chi connectivity index (χ3n) is 4.76. The van der Waals surface area contributed by atoms with Gasteiger partial charge in [0.2, 0.25) is 10.9 Å². The number of hydrogen-bond donors (Lipinski definition) is 0. The highest BCUT2D eigenvalue weighted by molar-refractivity contribution is 7.98. The van der Waals surface area contributed by atoms with Crippen LogP contribution in [0.5, 0.6) is 5.75 Å². The molecule has 3 aromatic rings. The monoisotopic (exact) mass is 436 g/mol. The molecule has 0 saturated carbocycles. The van der Waals surface area contributed by atoms with Crippen LogP contribution in [0.1, 0.15) is 54.4 Å². The molecule has 31 heavy (non-hydrogen) atoms. The van der Waals surface area contributed by atoms with Gasteiger partial charge in [-0.3, -0.25) is 4.79 Å². The van der Waals surface area contributed by atoms with Crippen LogP contribution >= 0.6 is 11.8 Å². The number of thioether (sulfide) groups is 1. The Morgan fingerprint density at radius 1 is 1.06 bits per heavy atom. The summed E-state index contributed by atoms with van der Waals surface area (Å²) in [5, 5.41) is 13.5. The molecule has 7 heteroatoms. The number of aromatic nitrogens is 3. The number of para-hydroxylation sites is 1. The second-order valence-electron chi connectivity index (χ2n) is 7.09. The van der Waals surface area contributed by atoms with Crippen LogP contribution in [0.15, 0.2) is 64.9 Å². The first kappa shape index (κ1) is 22.7. The third kappa shape index (κ3) is 6.52. The van der Waals surface area contributed by atoms with Gasteiger partial charge in [0.15, 0.2) is 5.82 Å². The maximum Gasteiger partial charge on any atom is 0.211 e. The summed E-state index contributed by atoms with van der Waals surface area (Å²) in [5.74, 6) is 1.06. The Bertz CT molecular complexity index is 1000. The number of ketones is 1. The molecule has 0 aliphatic carbocycles. The van der Waals surface area contributed by atoms with Crippen molar-refractivity contribution >= 4 is 23.8 Å². The first-order valence-electron chi connectivity index (χ1n) is 10.6. The average molecular weight is 437 g/mol. The molecule has 162 valence electrons. The van der Waals surface area contributed by atoms with Crippen LogP contribution < -0.4 is 4.74 Å². The molecule has 0 amide bonds. The van der Waals surface area contributed by atoms with Crippen molar-refractivity contribution in [3.05, 3.63) is 71.5 Å². The van der Waals surface area contributed by atoms with E-state index in [1.165, 1.54) is 30.8 Å². The molecule has 0 spiro atoms. The molecule has 2 aromatic carbocycles. The van der Waals surface area contributed by atoms with E-state index < -0.39 is 0 Å². The van der Waals surface area contributed by atoms with Crippen molar-refractivity contribution < 1.29 is 9.53 Å². The second kappa shape index (κ2) is 12.1. The Kier molecular flexibility index (Phi) is 8.84. The molecule has 1 heterocycles. The van der Waals surface area contributed by atoms with Gasteiger partial charge in [-0.15, -0.1) is 10.2 Å². The molecule has 0 N–H and O–H groups in total. The lowest BCUT2D eigenvalue weighted by atomic mass is 10.1. The molecule has 0 saturated heterocycles. The highest BCUT2D eigenvalue weighted by atomic mass is 32.2. The van der Waals surface area contributed by atoms with E-state index in [1.54, 1.807) is 10.7 Å². The summed E-state index contributed by atoms with van der Waals surface area (Å²) >= 11 is 1.43. The minimum absolute atomic E-state index is 0.212. The van der Waals surface area contributed by atoms with Crippen LogP contribution in [0.4, 0.5) is 0 Å². The molecule has 1 aromatic heterocycles. The van der Waals surface area contributed by atoms with Crippen LogP contribution in [0.3, 0.4) is 0 Å². The Morgan fingerprint density at radius 3 is 2.61 bits per heavy atom. The summed E-state index contributed by atoms with van der Waals surface area (Å²) in [4.78, 5) is 12.9. The number of ether oxygens (including phenoxy) is 1. The van der Waals surface area contributed by atoms with E-state index in [1.807, 2.05) is 54.8 Å². The summed E-state index contributed by atoms with van der Waals surface area (Å²) in [6.45, 7) is 2.78. The number of hydrogen-bond acceptors (Lipinski definition) is 6. The fraction of sp³-hybridized carbons (Fsp3) is 0.333. The first-order valence-corrected chi connectivity index (χ1v) is 11.8. The number of carbonyl (C=O) groups excluding carboxylic acids is 1. The summed E-state index contributed by atoms with van der Waals surface area (Å²) in [5.41, 5.74) is 1.61. The number of Topliss-reactive ketones (excluding diaryl/α,β-unsaturated/α-hetero) is 1. The predicted octanol–water partition coefficient (Wildman–Crippen LogP) is 5.27. The first-order chi connectivity index (χ1) is 15.2. The molecular formula is C24H28N4O2S. The summed E-state index contributed by atoms with van der Waals surface area (Å²) in [7, 11) is 0. The van der Waals surface area contributed by atoms with Gasteiger partial charge in [-0.25, -0.2) is 0 Å². The van der Waals surface area contributed by atoms with E-state index in [9.17, 15) is 4.79 Å². The smallest absolute Gasteiger partial charge is 0.211 e. The topological polar surface area (TPSA) is 69.4 Å². The Labute approximate surface area is 187 Å². The number of carbonyl (C=O) groups is 1. The van der Waals surface area contributed by atoms with Gasteiger partial charge in [0, 0.05) is 6.42 Å². The third-order valence-corrected chi connectivity index (χ3v) is 5.38. The Morgan fingerprint density at radius 2 is 1.84 bits per heavy atom. The molecule has 0 bridgehead atoms. The van der Waals surface area contributed by atoms with Crippen molar-refractivity contribution in [1.82, 2.24) is 14.9 Å². The van der Waals surface area contributed by atoms with Gasteiger partial charge in [-0.1, -0.05) is 80.4 Å². The zero-order valence-corrected chi connectivity index (χ0v) is 18.8. The van der Waals surface area contributed by atoms with Gasteiger partial charge in [0.1, 0.15) is 5.75 Å². The zero-order chi connectivity index (χ0) is 21.9. The molecule has 3 rings (SSSR count). The largest absolute Gasteiger partial charge is 0.493 e. The molecule has 0 aliphatic rings. The summed E-state index contributed by atoms with van der Waals surface area (Å²) in [6, 6.07) is 17.3. The minimum atomic E-state index is -0.212. The fourth-order valence-electron chi connectivity index (χ4n) is 3.11. The van der Waals surface area contributed by atoms with Gasteiger partial charge in [-0.2, -0.15) is 9.78 Å². The van der Waals surface area contributed by atoms with E-state index in [2.05, 4.69) is 22.2 Å². The molecule has 0 aliphatic heterocycles. The SMILES string of the molecule is CCCCCCOc1ccccc1C(=O)/C=N\n1c(Cc2ccccc2)nnc1SC. The molecule has 0 unspecified atom stereocenters. The standard InChI is InChI=1S/C24H28N4O2S/c1-3-4-5-11-16-30-22-15-10-9-14-20(22)21(29)18-25-28-23(26-27-24(28)31-2)17-19-12-7-6-8-13-19/h6-10,12-15,18H,3-5,11,16-17H2,1-2H3/b25-18-. The van der Waals surface area contributed by atoms with Crippen molar-refractivity contribution in [2.75, 3.05) is 12.9 Å². The Balaban J connectivity index is 1.74. The van der Waals surface area contributed by atoms with Crippen LogP contribution in [0.2, 0.25) is 0 Å². The second-order valence-corrected chi connectivity index (χ2v) is 7.86. The van der Waals surface area contributed by atoms with Gasteiger partial charge >= 0.3 is 0 Å². The maximum absolute atomic E-state index is 12.9. The highest BCUT2D eigenvalue weighted by Gasteiger charge is 2.14. The van der Waals surface area contributed by atoms with Crippen LogP contribution in [-0.2, 0) is 6.42 Å². The van der Waals surface area contributed by atoms with Crippen molar-refractivity contribution in [2.45, 2.75) is 44.2 Å². The van der Waals surface area contributed by atoms with Crippen molar-refractivity contribution in [1.29, 1.82) is 0 Å². The minimum Gasteiger partial charge on any atom is -0.493 e. The number of benzene rings is 2. The van der Waals surface area contributed by atoms with Gasteiger partial charge in [-0.05, 0) is 30.4 Å². The average Bonchev–Trinajstić information content (AvgIpc) is 3.19. The van der Waals surface area contributed by atoms with E-state index in [4.69, 9.17) is 4.74 Å². The van der Waals surface area contributed by atoms with E-state index in [0.29, 0.717) is 35.3 Å². The lowest BCUT2D eigenvalue weighted by Gasteiger charge is -2.09. The molecule has 0 radical (unpaired) electrons. The van der Waals surface area contributed by atoms with Gasteiger partial charge in [0.25, 0.3) is 0 Å². The molecular weight excluding hydrogens is 408 g/mol. The van der Waals surface area contributed by atoms with Crippen LogP contribution in [-0.4, -0.2) is 39.7 Å². The predicted molar refractivity (Wildman–Crippen MR) is 125 cm³/mol. The van der Waals surface area contributed by atoms with Crippen molar-refractivity contribution in [2.24, 2.45) is 5.10 Å². The quantitative estimate of drug-likeness (QED) is 0.167. The summed E-state index contributed by atoms with van der Waals surface area (Å²) in [6.07, 6.45) is 8.28. The summed E-state index contributed by atoms with van der Waals surface area (Å²) < 4.78 is 7.50. The van der Waals surface area contributed by atoms with E-state index in [-0.39, 0.29) is 5.78 Å².